The van der Waals surface area contributed by atoms with Crippen LogP contribution in [-0.4, -0.2) is 23.7 Å². The molecule has 1 heterocycles. The van der Waals surface area contributed by atoms with E-state index in [1.807, 2.05) is 6.07 Å². The Bertz CT molecular complexity index is 334. The van der Waals surface area contributed by atoms with Crippen LogP contribution < -0.4 is 4.90 Å². The fourth-order valence-corrected chi connectivity index (χ4v) is 2.59. The van der Waals surface area contributed by atoms with Crippen LogP contribution in [0.5, 0.6) is 0 Å². The monoisotopic (exact) mass is 220 g/mol. The fourth-order valence-electron chi connectivity index (χ4n) is 2.59. The number of pyridine rings is 1. The zero-order valence-electron chi connectivity index (χ0n) is 9.89. The second-order valence-corrected chi connectivity index (χ2v) is 4.69. The molecule has 0 spiro atoms. The molecule has 1 aromatic heterocycles. The quantitative estimate of drug-likeness (QED) is 0.845. The third-order valence-electron chi connectivity index (χ3n) is 3.47. The van der Waals surface area contributed by atoms with Crippen LogP contribution in [0.1, 0.15) is 31.2 Å². The van der Waals surface area contributed by atoms with Gasteiger partial charge in [0.05, 0.1) is 6.61 Å². The lowest BCUT2D eigenvalue weighted by Gasteiger charge is -2.24. The number of aliphatic hydroxyl groups is 1. The molecular formula is C13H20N2O. The third kappa shape index (κ3) is 2.53. The molecule has 88 valence electrons. The number of aliphatic hydroxyl groups excluding tert-OH is 1. The summed E-state index contributed by atoms with van der Waals surface area (Å²) in [5.74, 6) is 0.824. The first-order chi connectivity index (χ1) is 7.81. The number of hydrogen-bond acceptors (Lipinski definition) is 3. The Hall–Kier alpha value is -1.09. The number of rotatable bonds is 4. The molecule has 0 saturated heterocycles. The lowest BCUT2D eigenvalue weighted by molar-refractivity contribution is 0.281. The van der Waals surface area contributed by atoms with Crippen molar-refractivity contribution in [2.45, 2.75) is 32.3 Å². The summed E-state index contributed by atoms with van der Waals surface area (Å²) in [5, 5.41) is 9.26. The molecule has 2 rings (SSSR count). The highest BCUT2D eigenvalue weighted by atomic mass is 16.3. The summed E-state index contributed by atoms with van der Waals surface area (Å²) >= 11 is 0. The fraction of sp³-hybridized carbons (Fsp3) is 0.615. The highest BCUT2D eigenvalue weighted by molar-refractivity contribution is 5.51. The SMILES string of the molecule is CN(CC1CCCC1)c1ccncc1CO. The molecule has 1 saturated carbocycles. The average Bonchev–Trinajstić information content (AvgIpc) is 2.81. The van der Waals surface area contributed by atoms with Crippen LogP contribution in [0.2, 0.25) is 0 Å². The van der Waals surface area contributed by atoms with Crippen LogP contribution in [-0.2, 0) is 6.61 Å². The van der Waals surface area contributed by atoms with Gasteiger partial charge in [0, 0.05) is 37.2 Å². The van der Waals surface area contributed by atoms with Gasteiger partial charge in [-0.15, -0.1) is 0 Å². The highest BCUT2D eigenvalue weighted by Crippen LogP contribution is 2.27. The summed E-state index contributed by atoms with van der Waals surface area (Å²) in [5.41, 5.74) is 2.03. The van der Waals surface area contributed by atoms with Crippen LogP contribution in [0.15, 0.2) is 18.5 Å². The average molecular weight is 220 g/mol. The van der Waals surface area contributed by atoms with Crippen LogP contribution >= 0.6 is 0 Å². The van der Waals surface area contributed by atoms with Crippen molar-refractivity contribution in [3.63, 3.8) is 0 Å². The van der Waals surface area contributed by atoms with Crippen molar-refractivity contribution in [2.24, 2.45) is 5.92 Å². The van der Waals surface area contributed by atoms with Gasteiger partial charge in [-0.05, 0) is 24.8 Å². The summed E-state index contributed by atoms with van der Waals surface area (Å²) in [4.78, 5) is 6.30. The molecule has 0 amide bonds. The van der Waals surface area contributed by atoms with Gasteiger partial charge in [0.2, 0.25) is 0 Å². The minimum atomic E-state index is 0.0676. The number of nitrogens with zero attached hydrogens (tertiary/aromatic N) is 2. The van der Waals surface area contributed by atoms with Crippen molar-refractivity contribution in [2.75, 3.05) is 18.5 Å². The van der Waals surface area contributed by atoms with Gasteiger partial charge in [-0.25, -0.2) is 0 Å². The summed E-state index contributed by atoms with van der Waals surface area (Å²) in [6, 6.07) is 1.99. The summed E-state index contributed by atoms with van der Waals surface area (Å²) < 4.78 is 0. The molecule has 3 nitrogen and oxygen atoms in total. The van der Waals surface area contributed by atoms with Crippen molar-refractivity contribution in [1.82, 2.24) is 4.98 Å². The number of anilines is 1. The van der Waals surface area contributed by atoms with Crippen molar-refractivity contribution in [3.8, 4) is 0 Å². The number of hydrogen-bond donors (Lipinski definition) is 1. The standard InChI is InChI=1S/C13H20N2O/c1-15(9-11-4-2-3-5-11)13-6-7-14-8-12(13)10-16/h6-8,11,16H,2-5,9-10H2,1H3. The molecule has 3 heteroatoms. The van der Waals surface area contributed by atoms with Crippen LogP contribution in [0.25, 0.3) is 0 Å². The molecule has 0 unspecified atom stereocenters. The molecule has 0 atom stereocenters. The molecule has 1 N–H and O–H groups in total. The lowest BCUT2D eigenvalue weighted by atomic mass is 10.1. The van der Waals surface area contributed by atoms with Crippen LogP contribution in [0, 0.1) is 5.92 Å². The van der Waals surface area contributed by atoms with Gasteiger partial charge >= 0.3 is 0 Å². The van der Waals surface area contributed by atoms with Gasteiger partial charge in [0.15, 0.2) is 0 Å². The van der Waals surface area contributed by atoms with E-state index in [1.54, 1.807) is 12.4 Å². The first-order valence-corrected chi connectivity index (χ1v) is 6.06. The molecule has 1 aromatic rings. The van der Waals surface area contributed by atoms with E-state index < -0.39 is 0 Å². The van der Waals surface area contributed by atoms with E-state index in [-0.39, 0.29) is 6.61 Å². The minimum Gasteiger partial charge on any atom is -0.392 e. The topological polar surface area (TPSA) is 36.4 Å². The van der Waals surface area contributed by atoms with Gasteiger partial charge in [-0.1, -0.05) is 12.8 Å². The zero-order valence-corrected chi connectivity index (χ0v) is 9.89. The van der Waals surface area contributed by atoms with Gasteiger partial charge < -0.3 is 10.0 Å². The second-order valence-electron chi connectivity index (χ2n) is 4.69. The number of aromatic nitrogens is 1. The van der Waals surface area contributed by atoms with E-state index in [2.05, 4.69) is 16.9 Å². The Morgan fingerprint density at radius 3 is 2.88 bits per heavy atom. The van der Waals surface area contributed by atoms with E-state index in [0.717, 1.165) is 23.7 Å². The zero-order chi connectivity index (χ0) is 11.4. The smallest absolute Gasteiger partial charge is 0.0717 e. The summed E-state index contributed by atoms with van der Waals surface area (Å²) in [6.07, 6.45) is 9.00. The van der Waals surface area contributed by atoms with Crippen molar-refractivity contribution in [3.05, 3.63) is 24.0 Å². The van der Waals surface area contributed by atoms with E-state index in [9.17, 15) is 5.11 Å². The molecule has 1 aliphatic rings. The lowest BCUT2D eigenvalue weighted by Crippen LogP contribution is -2.25. The van der Waals surface area contributed by atoms with Gasteiger partial charge in [0.25, 0.3) is 0 Å². The predicted octanol–water partition coefficient (Wildman–Crippen LogP) is 2.20. The molecule has 0 bridgehead atoms. The maximum absolute atomic E-state index is 9.26. The maximum Gasteiger partial charge on any atom is 0.0717 e. The summed E-state index contributed by atoms with van der Waals surface area (Å²) in [7, 11) is 2.10. The van der Waals surface area contributed by atoms with E-state index >= 15 is 0 Å². The second kappa shape index (κ2) is 5.30. The van der Waals surface area contributed by atoms with Crippen molar-refractivity contribution < 1.29 is 5.11 Å². The molecule has 16 heavy (non-hydrogen) atoms. The molecule has 1 fully saturated rings. The van der Waals surface area contributed by atoms with E-state index in [0.29, 0.717) is 0 Å². The largest absolute Gasteiger partial charge is 0.392 e. The predicted molar refractivity (Wildman–Crippen MR) is 65.4 cm³/mol. The molecule has 0 aliphatic heterocycles. The molecule has 0 radical (unpaired) electrons. The first-order valence-electron chi connectivity index (χ1n) is 6.06. The first kappa shape index (κ1) is 11.4. The Balaban J connectivity index is 2.04. The van der Waals surface area contributed by atoms with Gasteiger partial charge in [0.1, 0.15) is 0 Å². The van der Waals surface area contributed by atoms with Crippen LogP contribution in [0.4, 0.5) is 5.69 Å². The molecular weight excluding hydrogens is 200 g/mol. The third-order valence-corrected chi connectivity index (χ3v) is 3.47. The van der Waals surface area contributed by atoms with Crippen molar-refractivity contribution >= 4 is 5.69 Å². The Morgan fingerprint density at radius 2 is 2.19 bits per heavy atom. The Labute approximate surface area is 97.1 Å². The summed E-state index contributed by atoms with van der Waals surface area (Å²) in [6.45, 7) is 1.16. The molecule has 1 aliphatic carbocycles. The van der Waals surface area contributed by atoms with E-state index in [4.69, 9.17) is 0 Å². The van der Waals surface area contributed by atoms with E-state index in [1.165, 1.54) is 25.7 Å². The normalized spacial score (nSPS) is 16.6. The Morgan fingerprint density at radius 1 is 1.44 bits per heavy atom. The molecule has 0 aromatic carbocycles. The van der Waals surface area contributed by atoms with Crippen molar-refractivity contribution in [1.29, 1.82) is 0 Å². The Kier molecular flexibility index (Phi) is 3.78. The van der Waals surface area contributed by atoms with Crippen LogP contribution in [0.3, 0.4) is 0 Å². The van der Waals surface area contributed by atoms with Gasteiger partial charge in [-0.2, -0.15) is 0 Å². The highest BCUT2D eigenvalue weighted by Gasteiger charge is 2.17. The van der Waals surface area contributed by atoms with Gasteiger partial charge in [-0.3, -0.25) is 4.98 Å². The minimum absolute atomic E-state index is 0.0676. The maximum atomic E-state index is 9.26.